The molecule has 4 nitrogen and oxygen atoms in total. The first-order chi connectivity index (χ1) is 9.33. The van der Waals surface area contributed by atoms with E-state index in [2.05, 4.69) is 22.1 Å². The summed E-state index contributed by atoms with van der Waals surface area (Å²) in [5.74, 6) is 1.88. The lowest BCUT2D eigenvalue weighted by Gasteiger charge is -2.26. The van der Waals surface area contributed by atoms with Gasteiger partial charge in [-0.2, -0.15) is 0 Å². The van der Waals surface area contributed by atoms with Gasteiger partial charge in [-0.3, -0.25) is 4.90 Å². The number of piperazine rings is 1. The summed E-state index contributed by atoms with van der Waals surface area (Å²) in [5.41, 5.74) is 2.65. The maximum absolute atomic E-state index is 4.91. The van der Waals surface area contributed by atoms with Gasteiger partial charge < -0.3 is 10.3 Å². The van der Waals surface area contributed by atoms with Crippen molar-refractivity contribution in [3.8, 4) is 0 Å². The molecule has 0 spiro atoms. The highest BCUT2D eigenvalue weighted by molar-refractivity contribution is 5.18. The summed E-state index contributed by atoms with van der Waals surface area (Å²) in [4.78, 5) is 10.9. The van der Waals surface area contributed by atoms with Gasteiger partial charge in [0.15, 0.2) is 0 Å². The molecule has 1 aliphatic heterocycles. The molecule has 0 atom stereocenters. The SMILES string of the molecule is Cc1[nH]c(CN2CCNCC2)nc1C1CCCCC1. The summed E-state index contributed by atoms with van der Waals surface area (Å²) < 4.78 is 0. The molecule has 4 heteroatoms. The lowest BCUT2D eigenvalue weighted by atomic mass is 9.86. The van der Waals surface area contributed by atoms with Crippen LogP contribution < -0.4 is 5.32 Å². The molecule has 1 saturated heterocycles. The zero-order valence-electron chi connectivity index (χ0n) is 12.0. The molecule has 0 aromatic carbocycles. The summed E-state index contributed by atoms with van der Waals surface area (Å²) in [6, 6.07) is 0. The highest BCUT2D eigenvalue weighted by Crippen LogP contribution is 2.33. The van der Waals surface area contributed by atoms with Crippen LogP contribution in [0.15, 0.2) is 0 Å². The predicted octanol–water partition coefficient (Wildman–Crippen LogP) is 2.17. The zero-order chi connectivity index (χ0) is 13.1. The quantitative estimate of drug-likeness (QED) is 0.877. The first kappa shape index (κ1) is 13.1. The molecule has 0 bridgehead atoms. The van der Waals surface area contributed by atoms with Crippen LogP contribution in [-0.2, 0) is 6.54 Å². The molecule has 19 heavy (non-hydrogen) atoms. The van der Waals surface area contributed by atoms with Gasteiger partial charge in [-0.15, -0.1) is 0 Å². The van der Waals surface area contributed by atoms with E-state index in [1.165, 1.54) is 49.3 Å². The average Bonchev–Trinajstić information content (AvgIpc) is 2.82. The standard InChI is InChI=1S/C15H26N4/c1-12-15(13-5-3-2-4-6-13)18-14(17-12)11-19-9-7-16-8-10-19/h13,16H,2-11H2,1H3,(H,17,18). The van der Waals surface area contributed by atoms with E-state index >= 15 is 0 Å². The van der Waals surface area contributed by atoms with Gasteiger partial charge in [-0.1, -0.05) is 19.3 Å². The molecule has 2 aliphatic rings. The van der Waals surface area contributed by atoms with Gasteiger partial charge in [-0.25, -0.2) is 4.98 Å². The Morgan fingerprint density at radius 2 is 1.89 bits per heavy atom. The van der Waals surface area contributed by atoms with Crippen molar-refractivity contribution in [3.63, 3.8) is 0 Å². The highest BCUT2D eigenvalue weighted by atomic mass is 15.2. The van der Waals surface area contributed by atoms with E-state index in [0.29, 0.717) is 5.92 Å². The molecule has 1 saturated carbocycles. The van der Waals surface area contributed by atoms with E-state index in [-0.39, 0.29) is 0 Å². The number of nitrogens with zero attached hydrogens (tertiary/aromatic N) is 2. The first-order valence-electron chi connectivity index (χ1n) is 7.81. The third kappa shape index (κ3) is 3.18. The van der Waals surface area contributed by atoms with Gasteiger partial charge in [0.1, 0.15) is 5.82 Å². The largest absolute Gasteiger partial charge is 0.345 e. The van der Waals surface area contributed by atoms with Crippen LogP contribution in [0.25, 0.3) is 0 Å². The lowest BCUT2D eigenvalue weighted by molar-refractivity contribution is 0.228. The number of hydrogen-bond donors (Lipinski definition) is 2. The third-order valence-corrected chi connectivity index (χ3v) is 4.55. The second-order valence-corrected chi connectivity index (χ2v) is 6.05. The summed E-state index contributed by atoms with van der Waals surface area (Å²) in [7, 11) is 0. The molecule has 0 amide bonds. The molecule has 1 aliphatic carbocycles. The Hall–Kier alpha value is -0.870. The first-order valence-corrected chi connectivity index (χ1v) is 7.81. The number of nitrogens with one attached hydrogen (secondary N) is 2. The number of H-pyrrole nitrogens is 1. The van der Waals surface area contributed by atoms with Crippen molar-refractivity contribution in [2.75, 3.05) is 26.2 Å². The molecular formula is C15H26N4. The Morgan fingerprint density at radius 3 is 2.63 bits per heavy atom. The normalized spacial score (nSPS) is 22.8. The minimum atomic E-state index is 0.710. The van der Waals surface area contributed by atoms with Gasteiger partial charge in [0, 0.05) is 37.8 Å². The summed E-state index contributed by atoms with van der Waals surface area (Å²) in [5, 5.41) is 3.40. The highest BCUT2D eigenvalue weighted by Gasteiger charge is 2.21. The van der Waals surface area contributed by atoms with Crippen molar-refractivity contribution >= 4 is 0 Å². The van der Waals surface area contributed by atoms with Crippen molar-refractivity contribution in [2.24, 2.45) is 0 Å². The maximum atomic E-state index is 4.91. The van der Waals surface area contributed by atoms with Crippen LogP contribution >= 0.6 is 0 Å². The number of aromatic amines is 1. The van der Waals surface area contributed by atoms with Gasteiger partial charge in [0.2, 0.25) is 0 Å². The van der Waals surface area contributed by atoms with Crippen LogP contribution in [0.5, 0.6) is 0 Å². The van der Waals surface area contributed by atoms with Crippen LogP contribution in [-0.4, -0.2) is 41.0 Å². The van der Waals surface area contributed by atoms with E-state index in [0.717, 1.165) is 32.7 Å². The fraction of sp³-hybridized carbons (Fsp3) is 0.800. The molecular weight excluding hydrogens is 236 g/mol. The van der Waals surface area contributed by atoms with E-state index in [9.17, 15) is 0 Å². The van der Waals surface area contributed by atoms with E-state index in [1.807, 2.05) is 0 Å². The molecule has 0 radical (unpaired) electrons. The molecule has 2 fully saturated rings. The van der Waals surface area contributed by atoms with Crippen LogP contribution in [0.4, 0.5) is 0 Å². The molecule has 106 valence electrons. The summed E-state index contributed by atoms with van der Waals surface area (Å²) in [6.45, 7) is 7.66. The molecule has 1 aromatic heterocycles. The van der Waals surface area contributed by atoms with Gasteiger partial charge >= 0.3 is 0 Å². The summed E-state index contributed by atoms with van der Waals surface area (Å²) in [6.07, 6.45) is 6.83. The Labute approximate surface area is 116 Å². The van der Waals surface area contributed by atoms with E-state index in [1.54, 1.807) is 0 Å². The summed E-state index contributed by atoms with van der Waals surface area (Å²) >= 11 is 0. The second kappa shape index (κ2) is 6.06. The van der Waals surface area contributed by atoms with Crippen molar-refractivity contribution < 1.29 is 0 Å². The van der Waals surface area contributed by atoms with Gasteiger partial charge in [0.05, 0.1) is 12.2 Å². The number of rotatable bonds is 3. The van der Waals surface area contributed by atoms with Crippen molar-refractivity contribution in [1.29, 1.82) is 0 Å². The van der Waals surface area contributed by atoms with Gasteiger partial charge in [0.25, 0.3) is 0 Å². The van der Waals surface area contributed by atoms with Crippen molar-refractivity contribution in [2.45, 2.75) is 51.5 Å². The molecule has 2 heterocycles. The Balaban J connectivity index is 1.66. The lowest BCUT2D eigenvalue weighted by Crippen LogP contribution is -2.43. The smallest absolute Gasteiger partial charge is 0.120 e. The maximum Gasteiger partial charge on any atom is 0.120 e. The van der Waals surface area contributed by atoms with Crippen LogP contribution in [0, 0.1) is 6.92 Å². The molecule has 3 rings (SSSR count). The third-order valence-electron chi connectivity index (χ3n) is 4.55. The molecule has 1 aromatic rings. The van der Waals surface area contributed by atoms with Crippen molar-refractivity contribution in [1.82, 2.24) is 20.2 Å². The number of hydrogen-bond acceptors (Lipinski definition) is 3. The Bertz CT molecular complexity index is 400. The van der Waals surface area contributed by atoms with Crippen LogP contribution in [0.2, 0.25) is 0 Å². The Kier molecular flexibility index (Phi) is 4.18. The number of aryl methyl sites for hydroxylation is 1. The van der Waals surface area contributed by atoms with Crippen LogP contribution in [0.1, 0.15) is 55.2 Å². The second-order valence-electron chi connectivity index (χ2n) is 6.05. The molecule has 2 N–H and O–H groups in total. The van der Waals surface area contributed by atoms with E-state index in [4.69, 9.17) is 4.98 Å². The van der Waals surface area contributed by atoms with Crippen molar-refractivity contribution in [3.05, 3.63) is 17.2 Å². The van der Waals surface area contributed by atoms with Gasteiger partial charge in [-0.05, 0) is 19.8 Å². The van der Waals surface area contributed by atoms with E-state index < -0.39 is 0 Å². The fourth-order valence-corrected chi connectivity index (χ4v) is 3.47. The minimum absolute atomic E-state index is 0.710. The fourth-order valence-electron chi connectivity index (χ4n) is 3.47. The monoisotopic (exact) mass is 262 g/mol. The average molecular weight is 262 g/mol. The topological polar surface area (TPSA) is 44.0 Å². The predicted molar refractivity (Wildman–Crippen MR) is 77.3 cm³/mol. The zero-order valence-corrected chi connectivity index (χ0v) is 12.0. The number of aromatic nitrogens is 2. The Morgan fingerprint density at radius 1 is 1.16 bits per heavy atom. The molecule has 0 unspecified atom stereocenters. The van der Waals surface area contributed by atoms with Crippen LogP contribution in [0.3, 0.4) is 0 Å². The minimum Gasteiger partial charge on any atom is -0.345 e. The number of imidazole rings is 1.